The summed E-state index contributed by atoms with van der Waals surface area (Å²) in [5, 5.41) is 2.32. The van der Waals surface area contributed by atoms with Crippen LogP contribution in [0.5, 0.6) is 0 Å². The molecule has 1 saturated heterocycles. The highest BCUT2D eigenvalue weighted by atomic mass is 16.2. The van der Waals surface area contributed by atoms with Gasteiger partial charge in [0.05, 0.1) is 11.6 Å². The van der Waals surface area contributed by atoms with Gasteiger partial charge in [0.25, 0.3) is 0 Å². The topological polar surface area (TPSA) is 85.1 Å². The summed E-state index contributed by atoms with van der Waals surface area (Å²) in [6.45, 7) is 0.348. The van der Waals surface area contributed by atoms with Crippen LogP contribution in [0.3, 0.4) is 0 Å². The molecule has 5 nitrogen and oxygen atoms in total. The lowest BCUT2D eigenvalue weighted by atomic mass is 9.91. The summed E-state index contributed by atoms with van der Waals surface area (Å²) < 4.78 is 0. The second kappa shape index (κ2) is 4.40. The van der Waals surface area contributed by atoms with E-state index < -0.39 is 0 Å². The third-order valence-electron chi connectivity index (χ3n) is 2.72. The van der Waals surface area contributed by atoms with Crippen LogP contribution in [0, 0.1) is 0 Å². The van der Waals surface area contributed by atoms with Gasteiger partial charge in [-0.3, -0.25) is 19.9 Å². The molecule has 1 aromatic heterocycles. The molecule has 84 valence electrons. The first-order valence-corrected chi connectivity index (χ1v) is 5.20. The van der Waals surface area contributed by atoms with Crippen LogP contribution in [-0.2, 0) is 16.1 Å². The van der Waals surface area contributed by atoms with Gasteiger partial charge in [-0.15, -0.1) is 0 Å². The molecule has 1 aromatic rings. The summed E-state index contributed by atoms with van der Waals surface area (Å²) in [6.07, 6.45) is 2.50. The van der Waals surface area contributed by atoms with E-state index in [-0.39, 0.29) is 17.7 Å². The van der Waals surface area contributed by atoms with Gasteiger partial charge < -0.3 is 5.73 Å². The Kier molecular flexibility index (Phi) is 2.96. The summed E-state index contributed by atoms with van der Waals surface area (Å²) in [4.78, 5) is 26.9. The molecule has 0 spiro atoms. The molecule has 16 heavy (non-hydrogen) atoms. The number of piperidine rings is 1. The molecule has 0 saturated carbocycles. The summed E-state index contributed by atoms with van der Waals surface area (Å²) in [5.74, 6) is -0.839. The Morgan fingerprint density at radius 2 is 2.31 bits per heavy atom. The number of carbonyl (C=O) groups is 2. The number of amides is 2. The van der Waals surface area contributed by atoms with Crippen molar-refractivity contribution in [1.82, 2.24) is 10.3 Å². The van der Waals surface area contributed by atoms with E-state index in [1.807, 2.05) is 6.07 Å². The number of imide groups is 1. The normalized spacial score (nSPS) is 20.7. The molecule has 2 rings (SSSR count). The Bertz CT molecular complexity index is 431. The lowest BCUT2D eigenvalue weighted by Gasteiger charge is -2.21. The van der Waals surface area contributed by atoms with Crippen molar-refractivity contribution in [2.75, 3.05) is 0 Å². The molecule has 5 heteroatoms. The Labute approximate surface area is 93.0 Å². The molecule has 1 atom stereocenters. The Morgan fingerprint density at radius 1 is 1.50 bits per heavy atom. The number of nitrogens with zero attached hydrogens (tertiary/aromatic N) is 1. The summed E-state index contributed by atoms with van der Waals surface area (Å²) in [6, 6.07) is 3.64. The number of aromatic nitrogens is 1. The van der Waals surface area contributed by atoms with Crippen molar-refractivity contribution in [3.05, 3.63) is 29.6 Å². The quantitative estimate of drug-likeness (QED) is 0.689. The standard InChI is InChI=1S/C11H13N3O2/c12-6-7-2-1-5-13-10(7)8-3-4-9(15)14-11(8)16/h1-2,5,8H,3-4,6,12H2,(H,14,15,16). The number of hydrogen-bond acceptors (Lipinski definition) is 4. The fourth-order valence-electron chi connectivity index (χ4n) is 1.89. The lowest BCUT2D eigenvalue weighted by molar-refractivity contribution is -0.134. The molecule has 2 heterocycles. The van der Waals surface area contributed by atoms with Crippen LogP contribution in [0.1, 0.15) is 30.0 Å². The average molecular weight is 219 g/mol. The molecule has 0 aromatic carbocycles. The summed E-state index contributed by atoms with van der Waals surface area (Å²) >= 11 is 0. The predicted molar refractivity (Wildman–Crippen MR) is 57.3 cm³/mol. The van der Waals surface area contributed by atoms with Crippen LogP contribution >= 0.6 is 0 Å². The maximum absolute atomic E-state index is 11.7. The molecule has 2 amide bonds. The summed E-state index contributed by atoms with van der Waals surface area (Å²) in [5.41, 5.74) is 7.14. The predicted octanol–water partition coefficient (Wildman–Crippen LogP) is 0.0605. The van der Waals surface area contributed by atoms with Gasteiger partial charge in [0.2, 0.25) is 11.8 Å². The van der Waals surface area contributed by atoms with E-state index in [1.54, 1.807) is 12.3 Å². The van der Waals surface area contributed by atoms with Crippen molar-refractivity contribution in [1.29, 1.82) is 0 Å². The molecule has 1 aliphatic rings. The van der Waals surface area contributed by atoms with Crippen LogP contribution < -0.4 is 11.1 Å². The van der Waals surface area contributed by atoms with Crippen molar-refractivity contribution in [3.8, 4) is 0 Å². The first kappa shape index (κ1) is 10.8. The monoisotopic (exact) mass is 219 g/mol. The Balaban J connectivity index is 2.30. The van der Waals surface area contributed by atoms with E-state index in [2.05, 4.69) is 10.3 Å². The highest BCUT2D eigenvalue weighted by Gasteiger charge is 2.30. The van der Waals surface area contributed by atoms with Crippen molar-refractivity contribution in [2.24, 2.45) is 5.73 Å². The van der Waals surface area contributed by atoms with Crippen LogP contribution in [0.4, 0.5) is 0 Å². The third-order valence-corrected chi connectivity index (χ3v) is 2.72. The number of pyridine rings is 1. The second-order valence-electron chi connectivity index (χ2n) is 3.76. The molecular formula is C11H13N3O2. The van der Waals surface area contributed by atoms with Gasteiger partial charge in [0.1, 0.15) is 0 Å². The maximum atomic E-state index is 11.7. The van der Waals surface area contributed by atoms with Crippen molar-refractivity contribution >= 4 is 11.8 Å². The lowest BCUT2D eigenvalue weighted by Crippen LogP contribution is -2.40. The van der Waals surface area contributed by atoms with Gasteiger partial charge in [-0.2, -0.15) is 0 Å². The van der Waals surface area contributed by atoms with E-state index in [0.29, 0.717) is 25.1 Å². The minimum atomic E-state index is -0.350. The molecule has 3 N–H and O–H groups in total. The SMILES string of the molecule is NCc1cccnc1C1CCC(=O)NC1=O. The van der Waals surface area contributed by atoms with Crippen molar-refractivity contribution in [3.63, 3.8) is 0 Å². The molecule has 0 bridgehead atoms. The zero-order valence-electron chi connectivity index (χ0n) is 8.77. The van der Waals surface area contributed by atoms with Gasteiger partial charge in [-0.25, -0.2) is 0 Å². The number of nitrogens with two attached hydrogens (primary N) is 1. The zero-order valence-corrected chi connectivity index (χ0v) is 8.77. The highest BCUT2D eigenvalue weighted by Crippen LogP contribution is 2.25. The highest BCUT2D eigenvalue weighted by molar-refractivity contribution is 6.00. The smallest absolute Gasteiger partial charge is 0.235 e. The first-order chi connectivity index (χ1) is 7.72. The summed E-state index contributed by atoms with van der Waals surface area (Å²) in [7, 11) is 0. The molecule has 0 radical (unpaired) electrons. The largest absolute Gasteiger partial charge is 0.326 e. The van der Waals surface area contributed by atoms with Crippen LogP contribution in [0.15, 0.2) is 18.3 Å². The van der Waals surface area contributed by atoms with E-state index in [9.17, 15) is 9.59 Å². The van der Waals surface area contributed by atoms with Crippen LogP contribution in [0.25, 0.3) is 0 Å². The number of nitrogens with one attached hydrogen (secondary N) is 1. The zero-order chi connectivity index (χ0) is 11.5. The van der Waals surface area contributed by atoms with E-state index in [0.717, 1.165) is 5.56 Å². The maximum Gasteiger partial charge on any atom is 0.235 e. The molecule has 1 unspecified atom stereocenters. The van der Waals surface area contributed by atoms with Crippen molar-refractivity contribution in [2.45, 2.75) is 25.3 Å². The average Bonchev–Trinajstić information content (AvgIpc) is 2.29. The van der Waals surface area contributed by atoms with Crippen LogP contribution in [0.2, 0.25) is 0 Å². The van der Waals surface area contributed by atoms with E-state index in [1.165, 1.54) is 0 Å². The second-order valence-corrected chi connectivity index (χ2v) is 3.76. The van der Waals surface area contributed by atoms with E-state index >= 15 is 0 Å². The van der Waals surface area contributed by atoms with Gasteiger partial charge in [0.15, 0.2) is 0 Å². The van der Waals surface area contributed by atoms with Gasteiger partial charge >= 0.3 is 0 Å². The van der Waals surface area contributed by atoms with Gasteiger partial charge in [-0.05, 0) is 18.1 Å². The minimum Gasteiger partial charge on any atom is -0.326 e. The van der Waals surface area contributed by atoms with Crippen molar-refractivity contribution < 1.29 is 9.59 Å². The van der Waals surface area contributed by atoms with Gasteiger partial charge in [0, 0.05) is 19.2 Å². The number of rotatable bonds is 2. The molecule has 0 aliphatic carbocycles. The Hall–Kier alpha value is -1.75. The van der Waals surface area contributed by atoms with Crippen LogP contribution in [-0.4, -0.2) is 16.8 Å². The molecule has 1 fully saturated rings. The third kappa shape index (κ3) is 1.94. The fourth-order valence-corrected chi connectivity index (χ4v) is 1.89. The first-order valence-electron chi connectivity index (χ1n) is 5.20. The number of hydrogen-bond donors (Lipinski definition) is 2. The number of carbonyl (C=O) groups excluding carboxylic acids is 2. The fraction of sp³-hybridized carbons (Fsp3) is 0.364. The molecule has 1 aliphatic heterocycles. The van der Waals surface area contributed by atoms with Gasteiger partial charge in [-0.1, -0.05) is 6.07 Å². The molecular weight excluding hydrogens is 206 g/mol. The van der Waals surface area contributed by atoms with E-state index in [4.69, 9.17) is 5.73 Å². The minimum absolute atomic E-state index is 0.216. The Morgan fingerprint density at radius 3 is 3.00 bits per heavy atom.